The number of hydrogen-bond acceptors (Lipinski definition) is 4. The van der Waals surface area contributed by atoms with Gasteiger partial charge in [0.2, 0.25) is 10.0 Å². The number of aryl methyl sites for hydroxylation is 2. The molecule has 1 aliphatic carbocycles. The lowest BCUT2D eigenvalue weighted by molar-refractivity contribution is 0.0927. The molecule has 4 rings (SSSR count). The molecule has 0 spiro atoms. The highest BCUT2D eigenvalue weighted by Crippen LogP contribution is 2.28. The fraction of sp³-hybridized carbons (Fsp3) is 0.474. The van der Waals surface area contributed by atoms with Gasteiger partial charge in [-0.15, -0.1) is 11.3 Å². The minimum Gasteiger partial charge on any atom is -0.377 e. The number of sulfonamides is 1. The van der Waals surface area contributed by atoms with Crippen LogP contribution in [0.25, 0.3) is 0 Å². The SMILES string of the molecule is O=S(=O)(c1ccc2c(c1)CCC2)N(Cc1cccs1)CC1CCCO1. The van der Waals surface area contributed by atoms with E-state index in [2.05, 4.69) is 0 Å². The minimum absolute atomic E-state index is 0.00386. The van der Waals surface area contributed by atoms with Crippen molar-refractivity contribution < 1.29 is 13.2 Å². The van der Waals surface area contributed by atoms with Crippen molar-refractivity contribution in [3.05, 3.63) is 51.7 Å². The summed E-state index contributed by atoms with van der Waals surface area (Å²) in [4.78, 5) is 1.48. The summed E-state index contributed by atoms with van der Waals surface area (Å²) < 4.78 is 34.0. The maximum absolute atomic E-state index is 13.3. The third kappa shape index (κ3) is 3.67. The van der Waals surface area contributed by atoms with Crippen LogP contribution in [0.4, 0.5) is 0 Å². The first-order chi connectivity index (χ1) is 12.1. The summed E-state index contributed by atoms with van der Waals surface area (Å²) in [5.74, 6) is 0. The van der Waals surface area contributed by atoms with Crippen LogP contribution in [-0.2, 0) is 34.1 Å². The number of thiophene rings is 1. The number of nitrogens with zero attached hydrogens (tertiary/aromatic N) is 1. The first-order valence-electron chi connectivity index (χ1n) is 8.89. The summed E-state index contributed by atoms with van der Waals surface area (Å²) in [6.45, 7) is 1.57. The standard InChI is InChI=1S/C19H23NO3S2/c21-25(22,19-9-8-15-4-1-5-16(15)12-19)20(13-17-6-2-10-23-17)14-18-7-3-11-24-18/h3,7-9,11-12,17H,1-2,4-6,10,13-14H2. The van der Waals surface area contributed by atoms with Crippen LogP contribution < -0.4 is 0 Å². The molecule has 0 saturated carbocycles. The van der Waals surface area contributed by atoms with Gasteiger partial charge in [0.25, 0.3) is 0 Å². The van der Waals surface area contributed by atoms with Gasteiger partial charge in [0.15, 0.2) is 0 Å². The summed E-state index contributed by atoms with van der Waals surface area (Å²) in [5.41, 5.74) is 2.48. The molecule has 1 saturated heterocycles. The van der Waals surface area contributed by atoms with Gasteiger partial charge in [0.1, 0.15) is 0 Å². The zero-order chi connectivity index (χ0) is 17.3. The number of ether oxygens (including phenoxy) is 1. The Morgan fingerprint density at radius 3 is 2.80 bits per heavy atom. The number of rotatable bonds is 6. The molecule has 4 nitrogen and oxygen atoms in total. The number of hydrogen-bond donors (Lipinski definition) is 0. The number of fused-ring (bicyclic) bond motifs is 1. The molecule has 6 heteroatoms. The molecular weight excluding hydrogens is 354 g/mol. The summed E-state index contributed by atoms with van der Waals surface area (Å²) in [7, 11) is -3.53. The van der Waals surface area contributed by atoms with Crippen LogP contribution >= 0.6 is 11.3 Å². The first kappa shape index (κ1) is 17.2. The smallest absolute Gasteiger partial charge is 0.243 e. The average molecular weight is 378 g/mol. The molecule has 134 valence electrons. The zero-order valence-electron chi connectivity index (χ0n) is 14.2. The van der Waals surface area contributed by atoms with Crippen molar-refractivity contribution in [1.29, 1.82) is 0 Å². The minimum atomic E-state index is -3.53. The highest BCUT2D eigenvalue weighted by molar-refractivity contribution is 7.89. The monoisotopic (exact) mass is 377 g/mol. The van der Waals surface area contributed by atoms with Crippen LogP contribution in [0, 0.1) is 0 Å². The second kappa shape index (κ2) is 7.19. The maximum Gasteiger partial charge on any atom is 0.243 e. The van der Waals surface area contributed by atoms with Crippen molar-refractivity contribution in [2.75, 3.05) is 13.2 Å². The molecule has 1 aromatic carbocycles. The molecule has 25 heavy (non-hydrogen) atoms. The Morgan fingerprint density at radius 1 is 1.16 bits per heavy atom. The highest BCUT2D eigenvalue weighted by atomic mass is 32.2. The van der Waals surface area contributed by atoms with Gasteiger partial charge in [-0.1, -0.05) is 12.1 Å². The van der Waals surface area contributed by atoms with Crippen molar-refractivity contribution in [2.24, 2.45) is 0 Å². The third-order valence-corrected chi connectivity index (χ3v) is 7.72. The van der Waals surface area contributed by atoms with E-state index in [0.29, 0.717) is 18.0 Å². The predicted octanol–water partition coefficient (Wildman–Crippen LogP) is 3.61. The Bertz CT molecular complexity index is 824. The van der Waals surface area contributed by atoms with Crippen molar-refractivity contribution in [3.8, 4) is 0 Å². The molecule has 0 radical (unpaired) electrons. The fourth-order valence-corrected chi connectivity index (χ4v) is 6.00. The predicted molar refractivity (Wildman–Crippen MR) is 99.4 cm³/mol. The Morgan fingerprint density at radius 2 is 2.04 bits per heavy atom. The lowest BCUT2D eigenvalue weighted by atomic mass is 10.1. The highest BCUT2D eigenvalue weighted by Gasteiger charge is 2.30. The Kier molecular flexibility index (Phi) is 4.95. The molecule has 1 unspecified atom stereocenters. The van der Waals surface area contributed by atoms with E-state index >= 15 is 0 Å². The molecule has 0 bridgehead atoms. The van der Waals surface area contributed by atoms with Gasteiger partial charge in [0.05, 0.1) is 11.0 Å². The van der Waals surface area contributed by atoms with Gasteiger partial charge < -0.3 is 4.74 Å². The Labute approximate surface area is 153 Å². The van der Waals surface area contributed by atoms with Crippen molar-refractivity contribution in [3.63, 3.8) is 0 Å². The average Bonchev–Trinajstić information content (AvgIpc) is 3.36. The molecule has 0 amide bonds. The number of benzene rings is 1. The molecule has 1 atom stereocenters. The van der Waals surface area contributed by atoms with Gasteiger partial charge in [-0.3, -0.25) is 0 Å². The molecular formula is C19H23NO3S2. The van der Waals surface area contributed by atoms with Crippen LogP contribution in [0.2, 0.25) is 0 Å². The fourth-order valence-electron chi connectivity index (χ4n) is 3.70. The molecule has 2 aromatic rings. The van der Waals surface area contributed by atoms with Crippen molar-refractivity contribution >= 4 is 21.4 Å². The van der Waals surface area contributed by atoms with Gasteiger partial charge in [-0.25, -0.2) is 8.42 Å². The van der Waals surface area contributed by atoms with E-state index in [1.807, 2.05) is 29.6 Å². The summed E-state index contributed by atoms with van der Waals surface area (Å²) >= 11 is 1.59. The van der Waals surface area contributed by atoms with E-state index in [1.54, 1.807) is 21.7 Å². The van der Waals surface area contributed by atoms with Gasteiger partial charge in [0, 0.05) is 24.6 Å². The first-order valence-corrected chi connectivity index (χ1v) is 11.2. The summed E-state index contributed by atoms with van der Waals surface area (Å²) in [5, 5.41) is 1.99. The van der Waals surface area contributed by atoms with Crippen LogP contribution in [0.1, 0.15) is 35.3 Å². The largest absolute Gasteiger partial charge is 0.377 e. The van der Waals surface area contributed by atoms with Crippen LogP contribution in [0.5, 0.6) is 0 Å². The molecule has 2 heterocycles. The Balaban J connectivity index is 1.63. The molecule has 2 aliphatic rings. The van der Waals surface area contributed by atoms with Gasteiger partial charge in [-0.2, -0.15) is 4.31 Å². The van der Waals surface area contributed by atoms with E-state index in [4.69, 9.17) is 4.74 Å². The lowest BCUT2D eigenvalue weighted by Crippen LogP contribution is -2.36. The van der Waals surface area contributed by atoms with Crippen LogP contribution in [-0.4, -0.2) is 32.0 Å². The van der Waals surface area contributed by atoms with Crippen molar-refractivity contribution in [2.45, 2.75) is 49.6 Å². The topological polar surface area (TPSA) is 46.6 Å². The zero-order valence-corrected chi connectivity index (χ0v) is 15.8. The van der Waals surface area contributed by atoms with E-state index in [9.17, 15) is 8.42 Å². The van der Waals surface area contributed by atoms with E-state index in [0.717, 1.165) is 43.6 Å². The molecule has 1 aromatic heterocycles. The molecule has 1 aliphatic heterocycles. The van der Waals surface area contributed by atoms with E-state index in [-0.39, 0.29) is 6.10 Å². The second-order valence-electron chi connectivity index (χ2n) is 6.80. The normalized spacial score (nSPS) is 20.3. The molecule has 0 N–H and O–H groups in total. The van der Waals surface area contributed by atoms with Crippen LogP contribution in [0.15, 0.2) is 40.6 Å². The molecule has 1 fully saturated rings. The van der Waals surface area contributed by atoms with Crippen molar-refractivity contribution in [1.82, 2.24) is 4.31 Å². The van der Waals surface area contributed by atoms with Gasteiger partial charge in [-0.05, 0) is 66.8 Å². The quantitative estimate of drug-likeness (QED) is 0.773. The van der Waals surface area contributed by atoms with E-state index in [1.165, 1.54) is 11.1 Å². The van der Waals surface area contributed by atoms with E-state index < -0.39 is 10.0 Å². The summed E-state index contributed by atoms with van der Waals surface area (Å²) in [6.07, 6.45) is 5.11. The third-order valence-electron chi connectivity index (χ3n) is 5.05. The Hall–Kier alpha value is -1.21. The van der Waals surface area contributed by atoms with Crippen LogP contribution in [0.3, 0.4) is 0 Å². The summed E-state index contributed by atoms with van der Waals surface area (Å²) in [6, 6.07) is 9.60. The second-order valence-corrected chi connectivity index (χ2v) is 9.77. The van der Waals surface area contributed by atoms with Gasteiger partial charge >= 0.3 is 0 Å². The maximum atomic E-state index is 13.3. The lowest BCUT2D eigenvalue weighted by Gasteiger charge is -2.24.